The number of carbonyl (C=O) groups is 1. The summed E-state index contributed by atoms with van der Waals surface area (Å²) in [7, 11) is 0. The molecule has 0 aliphatic heterocycles. The average Bonchev–Trinajstić information content (AvgIpc) is 2.39. The molecule has 6 heteroatoms. The second-order valence-corrected chi connectivity index (χ2v) is 2.21. The van der Waals surface area contributed by atoms with E-state index in [-0.39, 0.29) is 22.9 Å². The Labute approximate surface area is 79.3 Å². The summed E-state index contributed by atoms with van der Waals surface area (Å²) in [5, 5.41) is 8.42. The first kappa shape index (κ1) is 11.1. The molecule has 0 radical (unpaired) electrons. The molecule has 70 valence electrons. The average molecular weight is 214 g/mol. The van der Waals surface area contributed by atoms with E-state index in [9.17, 15) is 4.79 Å². The molecule has 1 atom stereocenters. The van der Waals surface area contributed by atoms with Crippen molar-refractivity contribution >= 4 is 5.97 Å². The molecule has 1 aromatic rings. The van der Waals surface area contributed by atoms with E-state index in [1.807, 2.05) is 0 Å². The summed E-state index contributed by atoms with van der Waals surface area (Å²) < 4.78 is 0. The van der Waals surface area contributed by atoms with Crippen LogP contribution >= 0.6 is 0 Å². The molecule has 0 aromatic carbocycles. The first-order chi connectivity index (χ1) is 5.20. The number of imidazole rings is 1. The van der Waals surface area contributed by atoms with Gasteiger partial charge in [0.25, 0.3) is 0 Å². The van der Waals surface area contributed by atoms with Gasteiger partial charge in [-0.1, -0.05) is 0 Å². The summed E-state index contributed by atoms with van der Waals surface area (Å²) >= 11 is 0. The molecule has 1 rings (SSSR count). The Balaban J connectivity index is 0.00000121. The summed E-state index contributed by atoms with van der Waals surface area (Å²) in [4.78, 5) is 16.8. The number of H-pyrrole nitrogens is 1. The smallest absolute Gasteiger partial charge is 0.320 e. The van der Waals surface area contributed by atoms with Gasteiger partial charge in [0.15, 0.2) is 0 Å². The van der Waals surface area contributed by atoms with Crippen LogP contribution in [-0.2, 0) is 27.7 Å². The van der Waals surface area contributed by atoms with E-state index in [0.717, 1.165) is 0 Å². The van der Waals surface area contributed by atoms with E-state index in [4.69, 9.17) is 10.8 Å². The number of hydrogen-bond acceptors (Lipinski definition) is 3. The summed E-state index contributed by atoms with van der Waals surface area (Å²) in [6.45, 7) is 0. The fourth-order valence-corrected chi connectivity index (χ4v) is 0.715. The number of nitrogens with two attached hydrogens (primary N) is 1. The van der Waals surface area contributed by atoms with Gasteiger partial charge in [0.2, 0.25) is 0 Å². The number of nitrogens with zero attached hydrogens (tertiary/aromatic N) is 1. The number of aromatic amines is 1. The molecule has 5 nitrogen and oxygen atoms in total. The van der Waals surface area contributed by atoms with Crippen molar-refractivity contribution in [3.05, 3.63) is 18.2 Å². The van der Waals surface area contributed by atoms with E-state index in [1.165, 1.54) is 6.33 Å². The van der Waals surface area contributed by atoms with E-state index in [2.05, 4.69) is 9.97 Å². The van der Waals surface area contributed by atoms with E-state index >= 15 is 0 Å². The molecule has 0 aliphatic rings. The van der Waals surface area contributed by atoms with Crippen LogP contribution in [0.5, 0.6) is 0 Å². The molecule has 4 N–H and O–H groups in total. The molecule has 0 fully saturated rings. The molecule has 1 heterocycles. The second kappa shape index (κ2) is 4.90. The SMILES string of the molecule is NC(Cc1c[nH]cn1)C(=O)O.[Ni]. The van der Waals surface area contributed by atoms with Crippen molar-refractivity contribution in [2.75, 3.05) is 0 Å². The van der Waals surface area contributed by atoms with Gasteiger partial charge in [0.1, 0.15) is 6.04 Å². The summed E-state index contributed by atoms with van der Waals surface area (Å²) in [5.74, 6) is -1.01. The van der Waals surface area contributed by atoms with Gasteiger partial charge >= 0.3 is 5.97 Å². The van der Waals surface area contributed by atoms with Crippen LogP contribution in [-0.4, -0.2) is 27.1 Å². The fraction of sp³-hybridized carbons (Fsp3) is 0.333. The largest absolute Gasteiger partial charge is 0.480 e. The van der Waals surface area contributed by atoms with Crippen LogP contribution in [0.25, 0.3) is 0 Å². The molecular weight excluding hydrogens is 205 g/mol. The van der Waals surface area contributed by atoms with Crippen LogP contribution in [0, 0.1) is 0 Å². The van der Waals surface area contributed by atoms with Crippen molar-refractivity contribution in [1.29, 1.82) is 0 Å². The van der Waals surface area contributed by atoms with Crippen LogP contribution in [0.2, 0.25) is 0 Å². The van der Waals surface area contributed by atoms with Gasteiger partial charge in [-0.15, -0.1) is 0 Å². The van der Waals surface area contributed by atoms with Gasteiger partial charge in [-0.05, 0) is 0 Å². The predicted molar refractivity (Wildman–Crippen MR) is 37.9 cm³/mol. The molecule has 0 aliphatic carbocycles. The van der Waals surface area contributed by atoms with Crippen LogP contribution in [0.3, 0.4) is 0 Å². The van der Waals surface area contributed by atoms with Gasteiger partial charge < -0.3 is 15.8 Å². The molecule has 1 unspecified atom stereocenters. The summed E-state index contributed by atoms with van der Waals surface area (Å²) in [5.41, 5.74) is 5.92. The predicted octanol–water partition coefficient (Wildman–Crippen LogP) is -0.638. The van der Waals surface area contributed by atoms with E-state index in [0.29, 0.717) is 5.69 Å². The Morgan fingerprint density at radius 1 is 1.83 bits per heavy atom. The zero-order chi connectivity index (χ0) is 8.27. The van der Waals surface area contributed by atoms with Gasteiger partial charge in [0.05, 0.1) is 12.0 Å². The van der Waals surface area contributed by atoms with Crippen molar-refractivity contribution in [2.24, 2.45) is 5.73 Å². The zero-order valence-electron chi connectivity index (χ0n) is 6.14. The maximum atomic E-state index is 10.3. The number of hydrogen-bond donors (Lipinski definition) is 3. The molecule has 1 aromatic heterocycles. The summed E-state index contributed by atoms with van der Waals surface area (Å²) in [6, 6.07) is -0.863. The van der Waals surface area contributed by atoms with Gasteiger partial charge in [-0.2, -0.15) is 0 Å². The number of nitrogens with one attached hydrogen (secondary N) is 1. The minimum absolute atomic E-state index is 0. The normalized spacial score (nSPS) is 11.8. The Morgan fingerprint density at radius 3 is 2.92 bits per heavy atom. The molecule has 0 spiro atoms. The topological polar surface area (TPSA) is 92.0 Å². The summed E-state index contributed by atoms with van der Waals surface area (Å²) in [6.07, 6.45) is 3.38. The quantitative estimate of drug-likeness (QED) is 0.583. The van der Waals surface area contributed by atoms with E-state index in [1.54, 1.807) is 6.20 Å². The molecule has 12 heavy (non-hydrogen) atoms. The Hall–Kier alpha value is -0.866. The fourth-order valence-electron chi connectivity index (χ4n) is 0.715. The van der Waals surface area contributed by atoms with Crippen LogP contribution in [0.15, 0.2) is 12.5 Å². The van der Waals surface area contributed by atoms with Gasteiger partial charge in [-0.3, -0.25) is 4.79 Å². The maximum Gasteiger partial charge on any atom is 0.320 e. The van der Waals surface area contributed by atoms with Crippen LogP contribution < -0.4 is 5.73 Å². The number of carboxylic acid groups (broad SMARTS) is 1. The number of aromatic nitrogens is 2. The third kappa shape index (κ3) is 3.02. The van der Waals surface area contributed by atoms with Gasteiger partial charge in [-0.25, -0.2) is 4.98 Å². The van der Waals surface area contributed by atoms with Crippen molar-refractivity contribution in [3.63, 3.8) is 0 Å². The van der Waals surface area contributed by atoms with E-state index < -0.39 is 12.0 Å². The Morgan fingerprint density at radius 2 is 2.50 bits per heavy atom. The Kier molecular flexibility index (Phi) is 4.55. The second-order valence-electron chi connectivity index (χ2n) is 2.21. The van der Waals surface area contributed by atoms with Crippen molar-refractivity contribution < 1.29 is 26.4 Å². The molecule has 0 saturated carbocycles. The third-order valence-electron chi connectivity index (χ3n) is 1.30. The minimum Gasteiger partial charge on any atom is -0.480 e. The first-order valence-corrected chi connectivity index (χ1v) is 3.16. The van der Waals surface area contributed by atoms with Crippen molar-refractivity contribution in [2.45, 2.75) is 12.5 Å². The van der Waals surface area contributed by atoms with Crippen molar-refractivity contribution in [3.8, 4) is 0 Å². The zero-order valence-corrected chi connectivity index (χ0v) is 7.12. The Bertz CT molecular complexity index is 237. The minimum atomic E-state index is -1.01. The van der Waals surface area contributed by atoms with Crippen LogP contribution in [0.4, 0.5) is 0 Å². The van der Waals surface area contributed by atoms with Crippen molar-refractivity contribution in [1.82, 2.24) is 9.97 Å². The molecule has 0 bridgehead atoms. The first-order valence-electron chi connectivity index (χ1n) is 3.16. The maximum absolute atomic E-state index is 10.3. The van der Waals surface area contributed by atoms with Gasteiger partial charge in [0, 0.05) is 29.1 Å². The monoisotopic (exact) mass is 213 g/mol. The number of rotatable bonds is 3. The molecule has 0 saturated heterocycles. The number of aliphatic carboxylic acids is 1. The standard InChI is InChI=1S/C6H9N3O2.Ni/c7-5(6(10)11)1-4-2-8-3-9-4;/h2-3,5H,1,7H2,(H,8,9)(H,10,11);. The molecular formula is C6H9N3NiO2. The molecule has 0 amide bonds. The number of carboxylic acids is 1. The third-order valence-corrected chi connectivity index (χ3v) is 1.30. The van der Waals surface area contributed by atoms with Crippen LogP contribution in [0.1, 0.15) is 5.69 Å².